The lowest BCUT2D eigenvalue weighted by molar-refractivity contribution is 0.0696. The molecule has 0 bridgehead atoms. The van der Waals surface area contributed by atoms with Crippen molar-refractivity contribution in [1.29, 1.82) is 0 Å². The predicted octanol–water partition coefficient (Wildman–Crippen LogP) is 4.07. The van der Waals surface area contributed by atoms with Crippen molar-refractivity contribution in [1.82, 2.24) is 4.72 Å². The Morgan fingerprint density at radius 3 is 2.31 bits per heavy atom. The molecule has 0 aliphatic carbocycles. The molecule has 0 amide bonds. The Kier molecular flexibility index (Phi) is 7.22. The Labute approximate surface area is 184 Å². The van der Waals surface area contributed by atoms with E-state index in [4.69, 9.17) is 4.74 Å². The third-order valence-electron chi connectivity index (χ3n) is 4.77. The smallest absolute Gasteiger partial charge is 0.335 e. The highest BCUT2D eigenvalue weighted by molar-refractivity contribution is 7.89. The first kappa shape index (κ1) is 23.4. The monoisotopic (exact) mass is 461 g/mol. The van der Waals surface area contributed by atoms with Crippen molar-refractivity contribution in [2.45, 2.75) is 24.8 Å². The maximum Gasteiger partial charge on any atom is 0.335 e. The number of hydrogen-bond donors (Lipinski definition) is 2. The van der Waals surface area contributed by atoms with E-state index in [9.17, 15) is 27.1 Å². The van der Waals surface area contributed by atoms with E-state index in [-0.39, 0.29) is 23.6 Å². The van der Waals surface area contributed by atoms with E-state index in [0.29, 0.717) is 23.3 Å². The molecule has 0 fully saturated rings. The molecule has 3 rings (SSSR count). The van der Waals surface area contributed by atoms with Crippen LogP contribution >= 0.6 is 0 Å². The van der Waals surface area contributed by atoms with Crippen LogP contribution in [-0.4, -0.2) is 26.0 Å². The number of halogens is 2. The Bertz CT molecular complexity index is 1230. The van der Waals surface area contributed by atoms with Crippen LogP contribution in [0.5, 0.6) is 5.75 Å². The van der Waals surface area contributed by atoms with Gasteiger partial charge in [0.25, 0.3) is 0 Å². The summed E-state index contributed by atoms with van der Waals surface area (Å²) in [7, 11) is -3.85. The summed E-state index contributed by atoms with van der Waals surface area (Å²) in [5, 5.41) is 9.17. The first-order valence-corrected chi connectivity index (χ1v) is 11.1. The lowest BCUT2D eigenvalue weighted by atomic mass is 10.1. The van der Waals surface area contributed by atoms with E-state index < -0.39 is 27.6 Å². The number of benzene rings is 3. The van der Waals surface area contributed by atoms with Crippen molar-refractivity contribution in [2.24, 2.45) is 0 Å². The zero-order chi connectivity index (χ0) is 23.3. The van der Waals surface area contributed by atoms with Crippen LogP contribution in [0.2, 0.25) is 0 Å². The third kappa shape index (κ3) is 5.89. The van der Waals surface area contributed by atoms with Crippen LogP contribution in [0.25, 0.3) is 0 Å². The van der Waals surface area contributed by atoms with E-state index in [1.165, 1.54) is 18.2 Å². The number of aryl methyl sites for hydroxylation is 1. The van der Waals surface area contributed by atoms with Crippen LogP contribution in [0, 0.1) is 18.6 Å². The Balaban J connectivity index is 1.54. The van der Waals surface area contributed by atoms with Crippen LogP contribution in [-0.2, 0) is 23.1 Å². The largest absolute Gasteiger partial charge is 0.489 e. The summed E-state index contributed by atoms with van der Waals surface area (Å²) in [6.45, 7) is 1.79. The minimum atomic E-state index is -3.85. The fourth-order valence-corrected chi connectivity index (χ4v) is 4.02. The van der Waals surface area contributed by atoms with Crippen molar-refractivity contribution in [3.63, 3.8) is 0 Å². The summed E-state index contributed by atoms with van der Waals surface area (Å²) in [4.78, 5) is 11.1. The Hall–Kier alpha value is -3.30. The molecule has 3 aromatic rings. The molecule has 0 atom stereocenters. The zero-order valence-electron chi connectivity index (χ0n) is 17.1. The van der Waals surface area contributed by atoms with Gasteiger partial charge in [0.05, 0.1) is 10.5 Å². The second-order valence-corrected chi connectivity index (χ2v) is 8.88. The minimum Gasteiger partial charge on any atom is -0.489 e. The molecule has 0 aromatic heterocycles. The highest BCUT2D eigenvalue weighted by Crippen LogP contribution is 2.17. The van der Waals surface area contributed by atoms with Crippen LogP contribution in [0.15, 0.2) is 65.6 Å². The summed E-state index contributed by atoms with van der Waals surface area (Å²) >= 11 is 0. The molecule has 168 valence electrons. The fraction of sp³-hybridized carbons (Fsp3) is 0.174. The number of carbonyl (C=O) groups is 1. The Morgan fingerprint density at radius 1 is 0.969 bits per heavy atom. The van der Waals surface area contributed by atoms with Gasteiger partial charge >= 0.3 is 5.97 Å². The SMILES string of the molecule is Cc1ccc(S(=O)(=O)NCCc2ccc(OCc3ccc(F)c(F)c3)cc2)cc1C(=O)O. The zero-order valence-corrected chi connectivity index (χ0v) is 18.0. The molecule has 0 aliphatic heterocycles. The summed E-state index contributed by atoms with van der Waals surface area (Å²) < 4.78 is 59.1. The van der Waals surface area contributed by atoms with Gasteiger partial charge in [0.2, 0.25) is 10.0 Å². The van der Waals surface area contributed by atoms with Crippen molar-refractivity contribution in [3.05, 3.63) is 94.6 Å². The average molecular weight is 461 g/mol. The van der Waals surface area contributed by atoms with E-state index in [1.54, 1.807) is 31.2 Å². The van der Waals surface area contributed by atoms with E-state index in [1.807, 2.05) is 0 Å². The molecule has 9 heteroatoms. The first-order valence-electron chi connectivity index (χ1n) is 9.65. The Morgan fingerprint density at radius 2 is 1.66 bits per heavy atom. The van der Waals surface area contributed by atoms with Gasteiger partial charge in [-0.15, -0.1) is 0 Å². The average Bonchev–Trinajstić information content (AvgIpc) is 2.75. The topological polar surface area (TPSA) is 92.7 Å². The number of aromatic carboxylic acids is 1. The maximum atomic E-state index is 13.2. The number of rotatable bonds is 9. The molecule has 0 spiro atoms. The van der Waals surface area contributed by atoms with Crippen LogP contribution in [0.3, 0.4) is 0 Å². The van der Waals surface area contributed by atoms with Crippen molar-refractivity contribution in [2.75, 3.05) is 6.54 Å². The standard InChI is InChI=1S/C23H21F2NO5S/c1-15-2-8-19(13-20(15)23(27)28)32(29,30)26-11-10-16-3-6-18(7-4-16)31-14-17-5-9-21(24)22(25)12-17/h2-9,12-13,26H,10-11,14H2,1H3,(H,27,28). The number of hydrogen-bond acceptors (Lipinski definition) is 4. The van der Waals surface area contributed by atoms with Gasteiger partial charge in [0.1, 0.15) is 12.4 Å². The van der Waals surface area contributed by atoms with Gasteiger partial charge in [0.15, 0.2) is 11.6 Å². The molecule has 0 radical (unpaired) electrons. The van der Waals surface area contributed by atoms with E-state index >= 15 is 0 Å². The molecule has 0 saturated heterocycles. The van der Waals surface area contributed by atoms with Gasteiger partial charge in [-0.05, 0) is 66.4 Å². The third-order valence-corrected chi connectivity index (χ3v) is 6.23. The molecule has 0 aliphatic rings. The van der Waals surface area contributed by atoms with E-state index in [0.717, 1.165) is 23.8 Å². The molecular formula is C23H21F2NO5S. The van der Waals surface area contributed by atoms with Gasteiger partial charge < -0.3 is 9.84 Å². The van der Waals surface area contributed by atoms with Crippen LogP contribution in [0.4, 0.5) is 8.78 Å². The highest BCUT2D eigenvalue weighted by atomic mass is 32.2. The molecular weight excluding hydrogens is 440 g/mol. The minimum absolute atomic E-state index is 0.0631. The lowest BCUT2D eigenvalue weighted by Gasteiger charge is -2.10. The molecule has 0 saturated carbocycles. The quantitative estimate of drug-likeness (QED) is 0.501. The van der Waals surface area contributed by atoms with Crippen molar-refractivity contribution in [3.8, 4) is 5.75 Å². The first-order chi connectivity index (χ1) is 15.2. The van der Waals surface area contributed by atoms with Gasteiger partial charge in [-0.25, -0.2) is 26.7 Å². The lowest BCUT2D eigenvalue weighted by Crippen LogP contribution is -2.26. The summed E-state index contributed by atoms with van der Waals surface area (Å²) in [5.41, 5.74) is 1.75. The summed E-state index contributed by atoms with van der Waals surface area (Å²) in [6, 6.07) is 14.4. The van der Waals surface area contributed by atoms with Crippen molar-refractivity contribution >= 4 is 16.0 Å². The number of nitrogens with one attached hydrogen (secondary N) is 1. The van der Waals surface area contributed by atoms with E-state index in [2.05, 4.69) is 4.72 Å². The highest BCUT2D eigenvalue weighted by Gasteiger charge is 2.17. The molecule has 2 N–H and O–H groups in total. The van der Waals surface area contributed by atoms with Crippen molar-refractivity contribution < 1.29 is 31.8 Å². The number of carboxylic acids is 1. The molecule has 0 heterocycles. The van der Waals surface area contributed by atoms with Gasteiger partial charge in [-0.3, -0.25) is 0 Å². The van der Waals surface area contributed by atoms with Gasteiger partial charge in [-0.2, -0.15) is 0 Å². The second kappa shape index (κ2) is 9.88. The van der Waals surface area contributed by atoms with Gasteiger partial charge in [0, 0.05) is 6.54 Å². The molecule has 6 nitrogen and oxygen atoms in total. The summed E-state index contributed by atoms with van der Waals surface area (Å²) in [6.07, 6.45) is 0.403. The number of sulfonamides is 1. The van der Waals surface area contributed by atoms with Crippen LogP contribution < -0.4 is 9.46 Å². The summed E-state index contributed by atoms with van der Waals surface area (Å²) in [5.74, 6) is -2.52. The fourth-order valence-electron chi connectivity index (χ4n) is 2.96. The molecule has 0 unspecified atom stereocenters. The maximum absolute atomic E-state index is 13.2. The normalized spacial score (nSPS) is 11.3. The predicted molar refractivity (Wildman–Crippen MR) is 114 cm³/mol. The number of ether oxygens (including phenoxy) is 1. The number of carboxylic acid groups (broad SMARTS) is 1. The second-order valence-electron chi connectivity index (χ2n) is 7.11. The van der Waals surface area contributed by atoms with Gasteiger partial charge in [-0.1, -0.05) is 24.3 Å². The molecule has 3 aromatic carbocycles. The molecule has 32 heavy (non-hydrogen) atoms. The van der Waals surface area contributed by atoms with Crippen LogP contribution in [0.1, 0.15) is 27.0 Å².